The summed E-state index contributed by atoms with van der Waals surface area (Å²) in [5, 5.41) is 2.32. The maximum atomic E-state index is 4.65. The molecule has 18 heavy (non-hydrogen) atoms. The molecule has 3 heteroatoms. The fourth-order valence-corrected chi connectivity index (χ4v) is 2.34. The summed E-state index contributed by atoms with van der Waals surface area (Å²) in [7, 11) is 0. The number of hydrogen-bond acceptors (Lipinski definition) is 2. The van der Waals surface area contributed by atoms with Gasteiger partial charge in [-0.3, -0.25) is 0 Å². The molecule has 0 spiro atoms. The summed E-state index contributed by atoms with van der Waals surface area (Å²) in [6.45, 7) is 6.67. The zero-order chi connectivity index (χ0) is 12.5. The standard InChI is InChI=1S/C15H15N3/c1-3-9-18-13-8-6-5-7-11(13)12-10-16-14(4-2)17-15(12)18/h3,5-8,10H,1,4,9H2,2H3. The molecule has 90 valence electrons. The van der Waals surface area contributed by atoms with E-state index in [9.17, 15) is 0 Å². The average Bonchev–Trinajstić information content (AvgIpc) is 2.73. The van der Waals surface area contributed by atoms with Crippen molar-refractivity contribution in [2.75, 3.05) is 0 Å². The van der Waals surface area contributed by atoms with Crippen LogP contribution in [0.5, 0.6) is 0 Å². The normalized spacial score (nSPS) is 11.2. The molecule has 0 unspecified atom stereocenters. The second-order valence-corrected chi connectivity index (χ2v) is 4.29. The van der Waals surface area contributed by atoms with Crippen LogP contribution in [0, 0.1) is 0 Å². The second kappa shape index (κ2) is 4.26. The quantitative estimate of drug-likeness (QED) is 0.654. The number of aromatic nitrogens is 3. The van der Waals surface area contributed by atoms with E-state index >= 15 is 0 Å². The predicted octanol–water partition coefficient (Wildman–Crippen LogP) is 3.33. The van der Waals surface area contributed by atoms with E-state index in [2.05, 4.69) is 46.2 Å². The maximum absolute atomic E-state index is 4.65. The molecule has 1 aromatic carbocycles. The average molecular weight is 237 g/mol. The molecule has 0 radical (unpaired) electrons. The van der Waals surface area contributed by atoms with Gasteiger partial charge in [0.2, 0.25) is 0 Å². The molecular weight excluding hydrogens is 222 g/mol. The van der Waals surface area contributed by atoms with Crippen molar-refractivity contribution in [3.8, 4) is 0 Å². The number of fused-ring (bicyclic) bond motifs is 3. The van der Waals surface area contributed by atoms with Crippen molar-refractivity contribution in [2.24, 2.45) is 0 Å². The van der Waals surface area contributed by atoms with E-state index < -0.39 is 0 Å². The molecule has 0 saturated heterocycles. The first-order chi connectivity index (χ1) is 8.85. The van der Waals surface area contributed by atoms with Gasteiger partial charge in [0.1, 0.15) is 11.5 Å². The van der Waals surface area contributed by atoms with Gasteiger partial charge in [0, 0.05) is 29.9 Å². The molecule has 3 aromatic rings. The molecule has 0 amide bonds. The Balaban J connectivity index is 2.45. The van der Waals surface area contributed by atoms with Gasteiger partial charge in [-0.05, 0) is 6.07 Å². The molecule has 0 saturated carbocycles. The van der Waals surface area contributed by atoms with Gasteiger partial charge in [0.05, 0.1) is 5.52 Å². The third-order valence-corrected chi connectivity index (χ3v) is 3.19. The summed E-state index contributed by atoms with van der Waals surface area (Å²) in [5.41, 5.74) is 2.19. The lowest BCUT2D eigenvalue weighted by Gasteiger charge is -2.03. The topological polar surface area (TPSA) is 30.7 Å². The highest BCUT2D eigenvalue weighted by Crippen LogP contribution is 2.27. The highest BCUT2D eigenvalue weighted by molar-refractivity contribution is 6.06. The summed E-state index contributed by atoms with van der Waals surface area (Å²) < 4.78 is 2.19. The summed E-state index contributed by atoms with van der Waals surface area (Å²) in [6, 6.07) is 8.33. The van der Waals surface area contributed by atoms with Crippen LogP contribution in [0.25, 0.3) is 21.9 Å². The van der Waals surface area contributed by atoms with Gasteiger partial charge in [-0.1, -0.05) is 31.2 Å². The van der Waals surface area contributed by atoms with E-state index in [-0.39, 0.29) is 0 Å². The molecule has 3 rings (SSSR count). The summed E-state index contributed by atoms with van der Waals surface area (Å²) in [5.74, 6) is 0.885. The molecule has 2 aromatic heterocycles. The number of hydrogen-bond donors (Lipinski definition) is 0. The first-order valence-corrected chi connectivity index (χ1v) is 6.19. The Labute approximate surface area is 106 Å². The summed E-state index contributed by atoms with van der Waals surface area (Å²) in [6.07, 6.45) is 4.69. The van der Waals surface area contributed by atoms with E-state index in [4.69, 9.17) is 0 Å². The van der Waals surface area contributed by atoms with Crippen LogP contribution in [0.4, 0.5) is 0 Å². The van der Waals surface area contributed by atoms with Crippen molar-refractivity contribution in [3.63, 3.8) is 0 Å². The lowest BCUT2D eigenvalue weighted by atomic mass is 10.2. The molecule has 2 heterocycles. The van der Waals surface area contributed by atoms with Gasteiger partial charge in [-0.2, -0.15) is 0 Å². The minimum absolute atomic E-state index is 0.768. The van der Waals surface area contributed by atoms with E-state index in [0.29, 0.717) is 0 Å². The van der Waals surface area contributed by atoms with Crippen LogP contribution < -0.4 is 0 Å². The van der Waals surface area contributed by atoms with Crippen molar-refractivity contribution in [3.05, 3.63) is 48.9 Å². The van der Waals surface area contributed by atoms with Crippen molar-refractivity contribution in [1.82, 2.24) is 14.5 Å². The minimum atomic E-state index is 0.768. The first kappa shape index (κ1) is 11.0. The largest absolute Gasteiger partial charge is 0.321 e. The van der Waals surface area contributed by atoms with Crippen LogP contribution in [-0.4, -0.2) is 14.5 Å². The van der Waals surface area contributed by atoms with Crippen molar-refractivity contribution < 1.29 is 0 Å². The van der Waals surface area contributed by atoms with Gasteiger partial charge in [-0.25, -0.2) is 9.97 Å². The van der Waals surface area contributed by atoms with Crippen LogP contribution in [-0.2, 0) is 13.0 Å². The molecule has 0 atom stereocenters. The van der Waals surface area contributed by atoms with Crippen LogP contribution in [0.15, 0.2) is 43.1 Å². The molecule has 0 aliphatic rings. The molecule has 0 aliphatic heterocycles. The lowest BCUT2D eigenvalue weighted by molar-refractivity contribution is 0.864. The molecule has 0 fully saturated rings. The van der Waals surface area contributed by atoms with E-state index in [1.165, 1.54) is 10.9 Å². The predicted molar refractivity (Wildman–Crippen MR) is 74.6 cm³/mol. The molecule has 0 aliphatic carbocycles. The zero-order valence-corrected chi connectivity index (χ0v) is 10.4. The number of allylic oxidation sites excluding steroid dienone is 1. The fraction of sp³-hybridized carbons (Fsp3) is 0.200. The van der Waals surface area contributed by atoms with E-state index in [0.717, 1.165) is 29.8 Å². The second-order valence-electron chi connectivity index (χ2n) is 4.29. The van der Waals surface area contributed by atoms with Crippen molar-refractivity contribution >= 4 is 21.9 Å². The Morgan fingerprint density at radius 3 is 2.89 bits per heavy atom. The van der Waals surface area contributed by atoms with Crippen LogP contribution in [0.3, 0.4) is 0 Å². The lowest BCUT2D eigenvalue weighted by Crippen LogP contribution is -1.99. The number of nitrogens with zero attached hydrogens (tertiary/aromatic N) is 3. The number of rotatable bonds is 3. The highest BCUT2D eigenvalue weighted by atomic mass is 15.1. The van der Waals surface area contributed by atoms with E-state index in [1.54, 1.807) is 0 Å². The van der Waals surface area contributed by atoms with Gasteiger partial charge in [-0.15, -0.1) is 6.58 Å². The Morgan fingerprint density at radius 1 is 1.28 bits per heavy atom. The maximum Gasteiger partial charge on any atom is 0.145 e. The molecule has 3 nitrogen and oxygen atoms in total. The summed E-state index contributed by atoms with van der Waals surface area (Å²) >= 11 is 0. The van der Waals surface area contributed by atoms with E-state index in [1.807, 2.05) is 18.3 Å². The van der Waals surface area contributed by atoms with Crippen molar-refractivity contribution in [1.29, 1.82) is 0 Å². The zero-order valence-electron chi connectivity index (χ0n) is 10.4. The van der Waals surface area contributed by atoms with Crippen molar-refractivity contribution in [2.45, 2.75) is 19.9 Å². The number of aryl methyl sites for hydroxylation is 1. The number of para-hydroxylation sites is 1. The number of benzene rings is 1. The van der Waals surface area contributed by atoms with Gasteiger partial charge in [0.25, 0.3) is 0 Å². The third kappa shape index (κ3) is 1.51. The fourth-order valence-electron chi connectivity index (χ4n) is 2.34. The SMILES string of the molecule is C=CCn1c2ccccc2c2cnc(CC)nc21. The molecule has 0 bridgehead atoms. The monoisotopic (exact) mass is 237 g/mol. The van der Waals surface area contributed by atoms with Gasteiger partial charge < -0.3 is 4.57 Å². The van der Waals surface area contributed by atoms with Gasteiger partial charge >= 0.3 is 0 Å². The van der Waals surface area contributed by atoms with Crippen LogP contribution in [0.1, 0.15) is 12.7 Å². The third-order valence-electron chi connectivity index (χ3n) is 3.19. The molecule has 0 N–H and O–H groups in total. The molecular formula is C15H15N3. The van der Waals surface area contributed by atoms with Crippen LogP contribution in [0.2, 0.25) is 0 Å². The Hall–Kier alpha value is -2.16. The first-order valence-electron chi connectivity index (χ1n) is 6.19. The Kier molecular flexibility index (Phi) is 2.59. The Bertz CT molecular complexity index is 725. The van der Waals surface area contributed by atoms with Crippen LogP contribution >= 0.6 is 0 Å². The minimum Gasteiger partial charge on any atom is -0.321 e. The smallest absolute Gasteiger partial charge is 0.145 e. The summed E-state index contributed by atoms with van der Waals surface area (Å²) in [4.78, 5) is 9.05. The Morgan fingerprint density at radius 2 is 2.11 bits per heavy atom. The van der Waals surface area contributed by atoms with Gasteiger partial charge in [0.15, 0.2) is 0 Å². The highest BCUT2D eigenvalue weighted by Gasteiger charge is 2.11.